The van der Waals surface area contributed by atoms with Gasteiger partial charge in [0.2, 0.25) is 0 Å². The highest BCUT2D eigenvalue weighted by molar-refractivity contribution is 5.89. The lowest BCUT2D eigenvalue weighted by Gasteiger charge is -2.28. The Balaban J connectivity index is 2.27. The molecule has 0 unspecified atom stereocenters. The van der Waals surface area contributed by atoms with Gasteiger partial charge in [0.15, 0.2) is 0 Å². The Bertz CT molecular complexity index is 736. The molecule has 0 saturated carbocycles. The van der Waals surface area contributed by atoms with Crippen LogP contribution in [0.2, 0.25) is 0 Å². The number of benzene rings is 3. The van der Waals surface area contributed by atoms with Crippen molar-refractivity contribution in [1.29, 1.82) is 0 Å². The molecule has 0 aliphatic heterocycles. The van der Waals surface area contributed by atoms with E-state index in [9.17, 15) is 0 Å². The molecule has 0 heteroatoms. The molecule has 0 atom stereocenters. The highest BCUT2D eigenvalue weighted by atomic mass is 14.3. The third-order valence-corrected chi connectivity index (χ3v) is 4.31. The summed E-state index contributed by atoms with van der Waals surface area (Å²) in [5.41, 5.74) is 4.10. The Morgan fingerprint density at radius 1 is 0.650 bits per heavy atom. The van der Waals surface area contributed by atoms with Crippen LogP contribution in [0.15, 0.2) is 66.7 Å². The minimum absolute atomic E-state index is 0.00850. The largest absolute Gasteiger partial charge is 0.0622 e. The van der Waals surface area contributed by atoms with Crippen molar-refractivity contribution >= 4 is 10.8 Å². The lowest BCUT2D eigenvalue weighted by atomic mass is 9.76. The van der Waals surface area contributed by atoms with Crippen LogP contribution in [-0.4, -0.2) is 0 Å². The van der Waals surface area contributed by atoms with Gasteiger partial charge in [-0.1, -0.05) is 80.6 Å². The smallest absolute Gasteiger partial charge is 0.0152 e. The van der Waals surface area contributed by atoms with Gasteiger partial charge in [0.1, 0.15) is 0 Å². The summed E-state index contributed by atoms with van der Waals surface area (Å²) < 4.78 is 0. The van der Waals surface area contributed by atoms with E-state index in [1.807, 2.05) is 0 Å². The molecule has 0 radical (unpaired) electrons. The SMILES string of the molecule is Cc1ccc(C(C)(C)c2ccccc2)c2ccccc12. The molecule has 0 fully saturated rings. The van der Waals surface area contributed by atoms with Crippen molar-refractivity contribution in [1.82, 2.24) is 0 Å². The standard InChI is InChI=1S/C20H20/c1-15-13-14-19(18-12-8-7-11-17(15)18)20(2,3)16-9-5-4-6-10-16/h4-14H,1-3H3. The summed E-state index contributed by atoms with van der Waals surface area (Å²) in [6.45, 7) is 6.79. The van der Waals surface area contributed by atoms with Crippen LogP contribution < -0.4 is 0 Å². The van der Waals surface area contributed by atoms with Gasteiger partial charge in [-0.05, 0) is 34.4 Å². The van der Waals surface area contributed by atoms with Gasteiger partial charge in [0.25, 0.3) is 0 Å². The number of rotatable bonds is 2. The maximum atomic E-state index is 2.30. The Labute approximate surface area is 121 Å². The van der Waals surface area contributed by atoms with Crippen LogP contribution in [0.4, 0.5) is 0 Å². The third-order valence-electron chi connectivity index (χ3n) is 4.31. The molecular formula is C20H20. The molecule has 0 spiro atoms. The second-order valence-corrected chi connectivity index (χ2v) is 5.97. The minimum Gasteiger partial charge on any atom is -0.0622 e. The molecule has 100 valence electrons. The Morgan fingerprint density at radius 3 is 1.95 bits per heavy atom. The van der Waals surface area contributed by atoms with E-state index in [-0.39, 0.29) is 5.41 Å². The number of fused-ring (bicyclic) bond motifs is 1. The summed E-state index contributed by atoms with van der Waals surface area (Å²) >= 11 is 0. The maximum Gasteiger partial charge on any atom is 0.0152 e. The van der Waals surface area contributed by atoms with Gasteiger partial charge in [-0.15, -0.1) is 0 Å². The second-order valence-electron chi connectivity index (χ2n) is 5.97. The number of hydrogen-bond donors (Lipinski definition) is 0. The van der Waals surface area contributed by atoms with E-state index < -0.39 is 0 Å². The van der Waals surface area contributed by atoms with Crippen LogP contribution in [0.5, 0.6) is 0 Å². The lowest BCUT2D eigenvalue weighted by Crippen LogP contribution is -2.19. The topological polar surface area (TPSA) is 0 Å². The minimum atomic E-state index is 0.00850. The van der Waals surface area contributed by atoms with Crippen molar-refractivity contribution in [2.24, 2.45) is 0 Å². The van der Waals surface area contributed by atoms with E-state index >= 15 is 0 Å². The molecular weight excluding hydrogens is 240 g/mol. The van der Waals surface area contributed by atoms with Gasteiger partial charge >= 0.3 is 0 Å². The van der Waals surface area contributed by atoms with Gasteiger partial charge in [-0.2, -0.15) is 0 Å². The predicted octanol–water partition coefficient (Wildman–Crippen LogP) is 5.47. The van der Waals surface area contributed by atoms with Crippen molar-refractivity contribution in [2.75, 3.05) is 0 Å². The van der Waals surface area contributed by atoms with Gasteiger partial charge in [0, 0.05) is 5.41 Å². The van der Waals surface area contributed by atoms with Crippen molar-refractivity contribution in [2.45, 2.75) is 26.2 Å². The summed E-state index contributed by atoms with van der Waals surface area (Å²) in [5, 5.41) is 2.72. The van der Waals surface area contributed by atoms with Crippen LogP contribution in [0.1, 0.15) is 30.5 Å². The first kappa shape index (κ1) is 12.9. The average molecular weight is 260 g/mol. The fourth-order valence-electron chi connectivity index (χ4n) is 3.01. The highest BCUT2D eigenvalue weighted by Gasteiger charge is 2.24. The quantitative estimate of drug-likeness (QED) is 0.573. The molecule has 0 bridgehead atoms. The van der Waals surface area contributed by atoms with Crippen molar-refractivity contribution < 1.29 is 0 Å². The first-order valence-corrected chi connectivity index (χ1v) is 7.15. The molecule has 3 aromatic carbocycles. The molecule has 0 saturated heterocycles. The van der Waals surface area contributed by atoms with Gasteiger partial charge < -0.3 is 0 Å². The summed E-state index contributed by atoms with van der Waals surface area (Å²) in [6.07, 6.45) is 0. The van der Waals surface area contributed by atoms with Crippen molar-refractivity contribution in [3.8, 4) is 0 Å². The normalized spacial score (nSPS) is 11.8. The molecule has 0 aliphatic carbocycles. The molecule has 0 aliphatic rings. The van der Waals surface area contributed by atoms with Gasteiger partial charge in [-0.25, -0.2) is 0 Å². The van der Waals surface area contributed by atoms with E-state index in [1.54, 1.807) is 0 Å². The number of aryl methyl sites for hydroxylation is 1. The Morgan fingerprint density at radius 2 is 1.25 bits per heavy atom. The van der Waals surface area contributed by atoms with E-state index in [4.69, 9.17) is 0 Å². The monoisotopic (exact) mass is 260 g/mol. The molecule has 3 aromatic rings. The highest BCUT2D eigenvalue weighted by Crippen LogP contribution is 2.36. The molecule has 0 aromatic heterocycles. The van der Waals surface area contributed by atoms with Crippen LogP contribution in [0.3, 0.4) is 0 Å². The Hall–Kier alpha value is -2.08. The summed E-state index contributed by atoms with van der Waals surface area (Å²) in [4.78, 5) is 0. The average Bonchev–Trinajstić information content (AvgIpc) is 2.48. The maximum absolute atomic E-state index is 2.30. The number of hydrogen-bond acceptors (Lipinski definition) is 0. The van der Waals surface area contributed by atoms with E-state index in [1.165, 1.54) is 27.5 Å². The summed E-state index contributed by atoms with van der Waals surface area (Å²) in [7, 11) is 0. The van der Waals surface area contributed by atoms with E-state index in [0.29, 0.717) is 0 Å². The van der Waals surface area contributed by atoms with Gasteiger partial charge in [0.05, 0.1) is 0 Å². The zero-order chi connectivity index (χ0) is 14.2. The lowest BCUT2D eigenvalue weighted by molar-refractivity contribution is 0.647. The van der Waals surface area contributed by atoms with Crippen molar-refractivity contribution in [3.05, 3.63) is 83.4 Å². The molecule has 0 heterocycles. The zero-order valence-corrected chi connectivity index (χ0v) is 12.4. The van der Waals surface area contributed by atoms with Crippen LogP contribution >= 0.6 is 0 Å². The van der Waals surface area contributed by atoms with Crippen LogP contribution in [0.25, 0.3) is 10.8 Å². The third kappa shape index (κ3) is 2.02. The van der Waals surface area contributed by atoms with Crippen LogP contribution in [0, 0.1) is 6.92 Å². The van der Waals surface area contributed by atoms with Crippen molar-refractivity contribution in [3.63, 3.8) is 0 Å². The predicted molar refractivity (Wildman–Crippen MR) is 87.3 cm³/mol. The Kier molecular flexibility index (Phi) is 3.10. The first-order chi connectivity index (χ1) is 9.60. The molecule has 0 N–H and O–H groups in total. The second kappa shape index (κ2) is 4.79. The fraction of sp³-hybridized carbons (Fsp3) is 0.200. The summed E-state index contributed by atoms with van der Waals surface area (Å²) in [5.74, 6) is 0. The molecule has 20 heavy (non-hydrogen) atoms. The molecule has 0 nitrogen and oxygen atoms in total. The summed E-state index contributed by atoms with van der Waals surface area (Å²) in [6, 6.07) is 24.0. The van der Waals surface area contributed by atoms with E-state index in [0.717, 1.165) is 0 Å². The van der Waals surface area contributed by atoms with Gasteiger partial charge in [-0.3, -0.25) is 0 Å². The fourth-order valence-corrected chi connectivity index (χ4v) is 3.01. The van der Waals surface area contributed by atoms with Crippen LogP contribution in [-0.2, 0) is 5.41 Å². The molecule has 0 amide bonds. The van der Waals surface area contributed by atoms with E-state index in [2.05, 4.69) is 87.5 Å². The first-order valence-electron chi connectivity index (χ1n) is 7.15. The molecule has 3 rings (SSSR count). The zero-order valence-electron chi connectivity index (χ0n) is 12.4.